The quantitative estimate of drug-likeness (QED) is 0.376. The Morgan fingerprint density at radius 3 is 1.00 bits per heavy atom. The minimum atomic E-state index is 0. The van der Waals surface area contributed by atoms with Crippen LogP contribution in [0.15, 0.2) is 0 Å². The van der Waals surface area contributed by atoms with E-state index in [0.717, 1.165) is 0 Å². The molecule has 0 spiro atoms. The molecule has 0 heterocycles. The van der Waals surface area contributed by atoms with Crippen molar-refractivity contribution in [1.82, 2.24) is 0 Å². The topological polar surface area (TPSA) is 0 Å². The van der Waals surface area contributed by atoms with E-state index in [1.165, 1.54) is 0 Å². The molecule has 0 N–H and O–H groups in total. The average molecular weight is 200 g/mol. The Morgan fingerprint density at radius 1 is 1.00 bits per heavy atom. The molecule has 0 aromatic heterocycles. The molecule has 0 saturated carbocycles. The molecular weight excluding hydrogens is 193 g/mol. The molecule has 0 aliphatic rings. The van der Waals surface area contributed by atoms with E-state index in [-0.39, 0.29) is 104 Å². The van der Waals surface area contributed by atoms with E-state index in [0.29, 0.717) is 0 Å². The van der Waals surface area contributed by atoms with Gasteiger partial charge >= 0.3 is 64.3 Å². The fourth-order valence-electron chi connectivity index (χ4n) is 0. The van der Waals surface area contributed by atoms with Gasteiger partial charge < -0.3 is 0 Å². The van der Waals surface area contributed by atoms with Crippen LogP contribution in [-0.2, 0) is 17.4 Å². The van der Waals surface area contributed by atoms with Crippen LogP contribution in [0.1, 0.15) is 0 Å². The van der Waals surface area contributed by atoms with Crippen molar-refractivity contribution in [1.29, 1.82) is 0 Å². The molecule has 0 atom stereocenters. The summed E-state index contributed by atoms with van der Waals surface area (Å²) < 4.78 is 0. The Bertz CT molecular complexity index is 11.6. The standard InChI is InChI=1S/Al.Cr.FH.Li.Sr.6H/h;;1H;;;;;;;;. The maximum atomic E-state index is 0. The molecular formula is H7AlCrFLiSr. The average Bonchev–Trinajstić information content (AvgIpc) is 0. The molecule has 0 aliphatic heterocycles. The Hall–Kier alpha value is 3.07. The van der Waals surface area contributed by atoms with Gasteiger partial charge in [-0.3, -0.25) is 4.70 Å². The molecule has 0 amide bonds. The van der Waals surface area contributed by atoms with Crippen molar-refractivity contribution in [3.8, 4) is 0 Å². The first-order chi connectivity index (χ1) is 0. The van der Waals surface area contributed by atoms with Gasteiger partial charge in [0.2, 0.25) is 0 Å². The second-order valence-electron chi connectivity index (χ2n) is 0. The predicted molar refractivity (Wildman–Crippen MR) is 28.1 cm³/mol. The van der Waals surface area contributed by atoms with Gasteiger partial charge in [-0.15, -0.1) is 0 Å². The molecule has 0 aromatic rings. The van der Waals surface area contributed by atoms with Crippen LogP contribution in [0.2, 0.25) is 0 Å². The molecule has 0 rings (SSSR count). The molecule has 5 heteroatoms. The van der Waals surface area contributed by atoms with Gasteiger partial charge in [0.25, 0.3) is 0 Å². The molecule has 0 unspecified atom stereocenters. The second-order valence-corrected chi connectivity index (χ2v) is 0. The van der Waals surface area contributed by atoms with Crippen LogP contribution < -0.4 is 0 Å². The van der Waals surface area contributed by atoms with Gasteiger partial charge in [0.1, 0.15) is 0 Å². The normalized spacial score (nSPS) is 0. The van der Waals surface area contributed by atoms with E-state index in [9.17, 15) is 0 Å². The van der Waals surface area contributed by atoms with Crippen LogP contribution in [0, 0.1) is 0 Å². The number of hydrogen-bond acceptors (Lipinski definition) is 0. The van der Waals surface area contributed by atoms with Gasteiger partial charge in [0, 0.05) is 17.4 Å². The first kappa shape index (κ1) is 42.8. The molecule has 0 aliphatic carbocycles. The van der Waals surface area contributed by atoms with Crippen molar-refractivity contribution in [2.75, 3.05) is 0 Å². The molecule has 0 aromatic carbocycles. The number of rotatable bonds is 0. The van der Waals surface area contributed by atoms with Gasteiger partial charge in [0.15, 0.2) is 17.4 Å². The number of halogens is 1. The zero-order valence-corrected chi connectivity index (χ0v) is 2.09. The van der Waals surface area contributed by atoms with Gasteiger partial charge in [-0.05, 0) is 0 Å². The summed E-state index contributed by atoms with van der Waals surface area (Å²) in [6.45, 7) is 0. The van der Waals surface area contributed by atoms with Crippen LogP contribution in [0.25, 0.3) is 0 Å². The van der Waals surface area contributed by atoms with E-state index in [1.807, 2.05) is 0 Å². The van der Waals surface area contributed by atoms with E-state index < -0.39 is 0 Å². The Morgan fingerprint density at radius 2 is 1.00 bits per heavy atom. The summed E-state index contributed by atoms with van der Waals surface area (Å²) in [5.74, 6) is 0. The van der Waals surface area contributed by atoms with Crippen LogP contribution in [0.3, 0.4) is 0 Å². The Balaban J connectivity index is 0. The third-order valence-corrected chi connectivity index (χ3v) is 0. The molecule has 0 bridgehead atoms. The SMILES string of the molecule is F.[AlH3].[Cr].[LiH].[SrH2]. The molecule has 0 saturated heterocycles. The fourth-order valence-corrected chi connectivity index (χ4v) is 0. The van der Waals surface area contributed by atoms with Gasteiger partial charge in [-0.25, -0.2) is 0 Å². The summed E-state index contributed by atoms with van der Waals surface area (Å²) in [6, 6.07) is 0. The van der Waals surface area contributed by atoms with Crippen molar-refractivity contribution < 1.29 is 22.1 Å². The van der Waals surface area contributed by atoms with Gasteiger partial charge in [-0.2, -0.15) is 0 Å². The van der Waals surface area contributed by atoms with E-state index in [2.05, 4.69) is 0 Å². The molecule has 5 heavy (non-hydrogen) atoms. The number of hydrogen-bond donors (Lipinski definition) is 0. The monoisotopic (exact) mass is 200 g/mol. The van der Waals surface area contributed by atoms with E-state index in [4.69, 9.17) is 0 Å². The Labute approximate surface area is 102 Å². The summed E-state index contributed by atoms with van der Waals surface area (Å²) in [5.41, 5.74) is 0. The van der Waals surface area contributed by atoms with Crippen LogP contribution in [0.4, 0.5) is 4.70 Å². The molecule has 0 fully saturated rings. The van der Waals surface area contributed by atoms with Crippen LogP contribution in [-0.4, -0.2) is 81.7 Å². The summed E-state index contributed by atoms with van der Waals surface area (Å²) in [5, 5.41) is 0. The van der Waals surface area contributed by atoms with Crippen molar-refractivity contribution in [3.05, 3.63) is 0 Å². The summed E-state index contributed by atoms with van der Waals surface area (Å²) >= 11 is 0. The van der Waals surface area contributed by atoms with Crippen LogP contribution in [0.5, 0.6) is 0 Å². The van der Waals surface area contributed by atoms with Crippen LogP contribution >= 0.6 is 0 Å². The molecule has 0 nitrogen and oxygen atoms in total. The van der Waals surface area contributed by atoms with E-state index >= 15 is 0 Å². The zero-order valence-electron chi connectivity index (χ0n) is 0.816. The third kappa shape index (κ3) is 19.3. The van der Waals surface area contributed by atoms with Crippen molar-refractivity contribution >= 4 is 81.7 Å². The first-order valence-corrected chi connectivity index (χ1v) is 0. The first-order valence-electron chi connectivity index (χ1n) is 0. The van der Waals surface area contributed by atoms with Gasteiger partial charge in [-0.1, -0.05) is 0 Å². The summed E-state index contributed by atoms with van der Waals surface area (Å²) in [4.78, 5) is 0. The predicted octanol–water partition coefficient (Wildman–Crippen LogP) is -2.60. The van der Waals surface area contributed by atoms with E-state index in [1.54, 1.807) is 0 Å². The maximum absolute atomic E-state index is 0. The van der Waals surface area contributed by atoms with Crippen molar-refractivity contribution in [2.45, 2.75) is 0 Å². The minimum absolute atomic E-state index is 0. The van der Waals surface area contributed by atoms with Crippen molar-refractivity contribution in [2.24, 2.45) is 0 Å². The summed E-state index contributed by atoms with van der Waals surface area (Å²) in [7, 11) is 0. The summed E-state index contributed by atoms with van der Waals surface area (Å²) in [6.07, 6.45) is 0. The third-order valence-electron chi connectivity index (χ3n) is 0. The van der Waals surface area contributed by atoms with Crippen molar-refractivity contribution in [3.63, 3.8) is 0 Å². The zero-order chi connectivity index (χ0) is 0. The molecule has 0 radical (unpaired) electrons. The molecule has 26 valence electrons. The Kier molecular flexibility index (Phi) is 236. The fraction of sp³-hybridized carbons (Fsp3) is 0. The second kappa shape index (κ2) is 27.6. The van der Waals surface area contributed by atoms with Gasteiger partial charge in [0.05, 0.1) is 0 Å².